The van der Waals surface area contributed by atoms with Crippen molar-refractivity contribution in [2.24, 2.45) is 5.73 Å². The standard InChI is InChI=1S/C13H15NO2S/c14-13(15)11-7-4-8-12(11)17(16)9-10-5-2-1-3-6-10/h1-3,5-6H,4,7-9H2,(H2,14,15). The van der Waals surface area contributed by atoms with Crippen LogP contribution in [-0.4, -0.2) is 10.1 Å². The number of rotatable bonds is 4. The fraction of sp³-hybridized carbons (Fsp3) is 0.308. The summed E-state index contributed by atoms with van der Waals surface area (Å²) in [5.74, 6) is 0.0476. The second kappa shape index (κ2) is 5.27. The fourth-order valence-corrected chi connectivity index (χ4v) is 3.56. The van der Waals surface area contributed by atoms with Crippen molar-refractivity contribution in [2.75, 3.05) is 0 Å². The monoisotopic (exact) mass is 249 g/mol. The minimum atomic E-state index is -1.12. The molecule has 2 N–H and O–H groups in total. The lowest BCUT2D eigenvalue weighted by atomic mass is 10.2. The van der Waals surface area contributed by atoms with Gasteiger partial charge in [-0.1, -0.05) is 30.3 Å². The van der Waals surface area contributed by atoms with E-state index in [4.69, 9.17) is 5.73 Å². The van der Waals surface area contributed by atoms with Crippen molar-refractivity contribution in [1.29, 1.82) is 0 Å². The van der Waals surface area contributed by atoms with Crippen LogP contribution in [-0.2, 0) is 21.3 Å². The Labute approximate surface area is 103 Å². The first-order chi connectivity index (χ1) is 8.18. The Morgan fingerprint density at radius 1 is 1.24 bits per heavy atom. The lowest BCUT2D eigenvalue weighted by Gasteiger charge is -2.05. The third-order valence-corrected chi connectivity index (χ3v) is 4.48. The predicted octanol–water partition coefficient (Wildman–Crippen LogP) is 1.86. The SMILES string of the molecule is NC(=O)C1=C(S(=O)Cc2ccccc2)CCC1. The van der Waals surface area contributed by atoms with E-state index in [2.05, 4.69) is 0 Å². The molecule has 0 saturated heterocycles. The molecule has 0 fully saturated rings. The molecule has 0 radical (unpaired) electrons. The number of carbonyl (C=O) groups is 1. The molecular weight excluding hydrogens is 234 g/mol. The molecule has 4 heteroatoms. The Bertz CT molecular complexity index is 479. The first-order valence-corrected chi connectivity index (χ1v) is 6.94. The third-order valence-electron chi connectivity index (χ3n) is 2.88. The van der Waals surface area contributed by atoms with Crippen LogP contribution in [0.4, 0.5) is 0 Å². The van der Waals surface area contributed by atoms with Crippen LogP contribution in [0.3, 0.4) is 0 Å². The van der Waals surface area contributed by atoms with E-state index in [1.807, 2.05) is 30.3 Å². The van der Waals surface area contributed by atoms with E-state index >= 15 is 0 Å². The molecule has 0 heterocycles. The highest BCUT2D eigenvalue weighted by atomic mass is 32.2. The number of nitrogens with two attached hydrogens (primary N) is 1. The molecule has 0 saturated carbocycles. The van der Waals surface area contributed by atoms with Gasteiger partial charge in [-0.2, -0.15) is 0 Å². The van der Waals surface area contributed by atoms with Gasteiger partial charge in [-0.15, -0.1) is 0 Å². The van der Waals surface area contributed by atoms with Crippen molar-refractivity contribution in [3.8, 4) is 0 Å². The van der Waals surface area contributed by atoms with E-state index in [0.717, 1.165) is 23.3 Å². The molecule has 2 rings (SSSR count). The summed E-state index contributed by atoms with van der Waals surface area (Å²) in [7, 11) is -1.12. The van der Waals surface area contributed by atoms with E-state index in [1.165, 1.54) is 0 Å². The second-order valence-corrected chi connectivity index (χ2v) is 5.57. The van der Waals surface area contributed by atoms with Crippen molar-refractivity contribution in [1.82, 2.24) is 0 Å². The average molecular weight is 249 g/mol. The maximum Gasteiger partial charge on any atom is 0.245 e. The molecule has 1 aromatic carbocycles. The van der Waals surface area contributed by atoms with Gasteiger partial charge in [0.2, 0.25) is 5.91 Å². The summed E-state index contributed by atoms with van der Waals surface area (Å²) in [5.41, 5.74) is 6.89. The van der Waals surface area contributed by atoms with Gasteiger partial charge in [0.1, 0.15) is 0 Å². The molecule has 0 aromatic heterocycles. The van der Waals surface area contributed by atoms with Gasteiger partial charge in [-0.05, 0) is 24.8 Å². The number of primary amides is 1. The van der Waals surface area contributed by atoms with Crippen LogP contribution in [0, 0.1) is 0 Å². The van der Waals surface area contributed by atoms with Crippen LogP contribution in [0.25, 0.3) is 0 Å². The molecule has 0 bridgehead atoms. The Morgan fingerprint density at radius 2 is 1.94 bits per heavy atom. The zero-order chi connectivity index (χ0) is 12.3. The Hall–Kier alpha value is -1.42. The van der Waals surface area contributed by atoms with E-state index < -0.39 is 16.7 Å². The number of allylic oxidation sites excluding steroid dienone is 1. The summed E-state index contributed by atoms with van der Waals surface area (Å²) in [6.45, 7) is 0. The van der Waals surface area contributed by atoms with Crippen molar-refractivity contribution in [2.45, 2.75) is 25.0 Å². The van der Waals surface area contributed by atoms with Gasteiger partial charge < -0.3 is 5.73 Å². The summed E-state index contributed by atoms with van der Waals surface area (Å²) in [6, 6.07) is 9.65. The fourth-order valence-electron chi connectivity index (χ4n) is 2.04. The molecule has 0 spiro atoms. The van der Waals surface area contributed by atoms with Gasteiger partial charge in [-0.3, -0.25) is 9.00 Å². The quantitative estimate of drug-likeness (QED) is 0.885. The maximum atomic E-state index is 12.2. The van der Waals surface area contributed by atoms with Crippen molar-refractivity contribution < 1.29 is 9.00 Å². The van der Waals surface area contributed by atoms with Crippen molar-refractivity contribution in [3.05, 3.63) is 46.4 Å². The van der Waals surface area contributed by atoms with Crippen molar-refractivity contribution in [3.63, 3.8) is 0 Å². The largest absolute Gasteiger partial charge is 0.366 e. The number of hydrogen-bond donors (Lipinski definition) is 1. The van der Waals surface area contributed by atoms with Gasteiger partial charge in [0.15, 0.2) is 0 Å². The summed E-state index contributed by atoms with van der Waals surface area (Å²) >= 11 is 0. The van der Waals surface area contributed by atoms with Crippen LogP contribution in [0.15, 0.2) is 40.8 Å². The normalized spacial score (nSPS) is 17.2. The molecule has 1 amide bonds. The molecule has 1 aromatic rings. The first kappa shape index (κ1) is 12.0. The van der Waals surface area contributed by atoms with E-state index in [0.29, 0.717) is 17.7 Å². The average Bonchev–Trinajstić information content (AvgIpc) is 2.79. The Morgan fingerprint density at radius 3 is 2.59 bits per heavy atom. The highest BCUT2D eigenvalue weighted by Crippen LogP contribution is 2.29. The molecule has 1 aliphatic rings. The maximum absolute atomic E-state index is 12.2. The lowest BCUT2D eigenvalue weighted by Crippen LogP contribution is -2.15. The first-order valence-electron chi connectivity index (χ1n) is 5.62. The van der Waals surface area contributed by atoms with E-state index in [1.54, 1.807) is 0 Å². The number of benzene rings is 1. The highest BCUT2D eigenvalue weighted by molar-refractivity contribution is 7.88. The van der Waals surface area contributed by atoms with Gasteiger partial charge in [-0.25, -0.2) is 0 Å². The van der Waals surface area contributed by atoms with E-state index in [-0.39, 0.29) is 0 Å². The van der Waals surface area contributed by atoms with Crippen LogP contribution < -0.4 is 5.73 Å². The molecule has 1 atom stereocenters. The number of carbonyl (C=O) groups excluding carboxylic acids is 1. The van der Waals surface area contributed by atoms with Crippen LogP contribution in [0.2, 0.25) is 0 Å². The molecular formula is C13H15NO2S. The summed E-state index contributed by atoms with van der Waals surface area (Å²) in [6.07, 6.45) is 2.29. The number of amides is 1. The molecule has 17 heavy (non-hydrogen) atoms. The molecule has 1 unspecified atom stereocenters. The zero-order valence-corrected chi connectivity index (χ0v) is 10.3. The molecule has 1 aliphatic carbocycles. The van der Waals surface area contributed by atoms with Gasteiger partial charge >= 0.3 is 0 Å². The van der Waals surface area contributed by atoms with Crippen LogP contribution in [0.5, 0.6) is 0 Å². The Balaban J connectivity index is 2.16. The van der Waals surface area contributed by atoms with Gasteiger partial charge in [0.25, 0.3) is 0 Å². The van der Waals surface area contributed by atoms with Crippen LogP contribution >= 0.6 is 0 Å². The molecule has 0 aliphatic heterocycles. The molecule has 90 valence electrons. The highest BCUT2D eigenvalue weighted by Gasteiger charge is 2.23. The number of hydrogen-bond acceptors (Lipinski definition) is 2. The smallest absolute Gasteiger partial charge is 0.245 e. The Kier molecular flexibility index (Phi) is 3.74. The van der Waals surface area contributed by atoms with E-state index in [9.17, 15) is 9.00 Å². The van der Waals surface area contributed by atoms with Crippen molar-refractivity contribution >= 4 is 16.7 Å². The topological polar surface area (TPSA) is 60.2 Å². The zero-order valence-electron chi connectivity index (χ0n) is 9.52. The second-order valence-electron chi connectivity index (χ2n) is 4.09. The van der Waals surface area contributed by atoms with Gasteiger partial charge in [0, 0.05) is 10.5 Å². The molecule has 3 nitrogen and oxygen atoms in total. The summed E-state index contributed by atoms with van der Waals surface area (Å²) in [5, 5.41) is 0. The van der Waals surface area contributed by atoms with Gasteiger partial charge in [0.05, 0.1) is 16.6 Å². The third kappa shape index (κ3) is 2.82. The predicted molar refractivity (Wildman–Crippen MR) is 68.4 cm³/mol. The van der Waals surface area contributed by atoms with Crippen LogP contribution in [0.1, 0.15) is 24.8 Å². The summed E-state index contributed by atoms with van der Waals surface area (Å²) in [4.78, 5) is 12.0. The lowest BCUT2D eigenvalue weighted by molar-refractivity contribution is -0.114. The summed E-state index contributed by atoms with van der Waals surface area (Å²) < 4.78 is 12.2. The minimum Gasteiger partial charge on any atom is -0.366 e. The minimum absolute atomic E-state index is 0.418.